The van der Waals surface area contributed by atoms with Crippen molar-refractivity contribution in [3.63, 3.8) is 0 Å². The van der Waals surface area contributed by atoms with Gasteiger partial charge in [0.25, 0.3) is 0 Å². The van der Waals surface area contributed by atoms with Gasteiger partial charge >= 0.3 is 0 Å². The SMILES string of the molecule is c1ccc(-c2nc3ccc4oc5cc(N(c6ccc(-c7cccc8c7sc7ccccc78)cc6)c6ccccc6-c6ccccc6)ccc5c4c3o2)cc1. The number of para-hydroxylation sites is 1. The van der Waals surface area contributed by atoms with E-state index in [1.54, 1.807) is 0 Å². The Kier molecular flexibility index (Phi) is 7.00. The average molecular weight is 711 g/mol. The minimum absolute atomic E-state index is 0.597. The van der Waals surface area contributed by atoms with E-state index < -0.39 is 0 Å². The van der Waals surface area contributed by atoms with Gasteiger partial charge in [0, 0.05) is 54.1 Å². The van der Waals surface area contributed by atoms with E-state index in [-0.39, 0.29) is 0 Å². The zero-order chi connectivity index (χ0) is 35.6. The number of benzene rings is 8. The third-order valence-electron chi connectivity index (χ3n) is 10.3. The molecule has 0 aliphatic carbocycles. The number of fused-ring (bicyclic) bond motifs is 8. The van der Waals surface area contributed by atoms with Crippen LogP contribution in [0.2, 0.25) is 0 Å². The fourth-order valence-electron chi connectivity index (χ4n) is 7.80. The summed E-state index contributed by atoms with van der Waals surface area (Å²) in [5.74, 6) is 0.597. The number of hydrogen-bond donors (Lipinski definition) is 0. The van der Waals surface area contributed by atoms with Crippen LogP contribution in [0, 0.1) is 0 Å². The van der Waals surface area contributed by atoms with Crippen LogP contribution in [-0.2, 0) is 0 Å². The van der Waals surface area contributed by atoms with E-state index in [1.807, 2.05) is 53.8 Å². The number of nitrogens with zero attached hydrogens (tertiary/aromatic N) is 2. The van der Waals surface area contributed by atoms with Crippen molar-refractivity contribution >= 4 is 81.6 Å². The first-order valence-electron chi connectivity index (χ1n) is 18.0. The molecule has 54 heavy (non-hydrogen) atoms. The number of aromatic nitrogens is 1. The highest BCUT2D eigenvalue weighted by molar-refractivity contribution is 7.26. The van der Waals surface area contributed by atoms with E-state index in [1.165, 1.54) is 31.3 Å². The highest BCUT2D eigenvalue weighted by Crippen LogP contribution is 2.45. The van der Waals surface area contributed by atoms with Crippen molar-refractivity contribution in [2.75, 3.05) is 4.90 Å². The molecule has 0 bridgehead atoms. The second-order valence-corrected chi connectivity index (χ2v) is 14.6. The van der Waals surface area contributed by atoms with Crippen LogP contribution in [0.1, 0.15) is 0 Å². The van der Waals surface area contributed by atoms with Crippen molar-refractivity contribution < 1.29 is 8.83 Å². The van der Waals surface area contributed by atoms with Gasteiger partial charge in [0.1, 0.15) is 16.7 Å². The second kappa shape index (κ2) is 12.3. The van der Waals surface area contributed by atoms with Gasteiger partial charge in [-0.05, 0) is 77.4 Å². The maximum atomic E-state index is 6.58. The molecule has 0 amide bonds. The smallest absolute Gasteiger partial charge is 0.227 e. The Hall–Kier alpha value is -6.95. The fraction of sp³-hybridized carbons (Fsp3) is 0. The summed E-state index contributed by atoms with van der Waals surface area (Å²) < 4.78 is 15.6. The molecule has 0 N–H and O–H groups in total. The summed E-state index contributed by atoms with van der Waals surface area (Å²) in [5, 5.41) is 4.52. The molecule has 0 atom stereocenters. The monoisotopic (exact) mass is 710 g/mol. The van der Waals surface area contributed by atoms with Crippen LogP contribution in [0.5, 0.6) is 0 Å². The first kappa shape index (κ1) is 30.7. The Morgan fingerprint density at radius 3 is 2.00 bits per heavy atom. The molecule has 0 aliphatic heterocycles. The first-order chi connectivity index (χ1) is 26.8. The normalized spacial score (nSPS) is 11.7. The molecule has 3 heterocycles. The van der Waals surface area contributed by atoms with Crippen molar-refractivity contribution in [1.29, 1.82) is 0 Å². The molecule has 0 spiro atoms. The van der Waals surface area contributed by atoms with E-state index >= 15 is 0 Å². The first-order valence-corrected chi connectivity index (χ1v) is 18.8. The Morgan fingerprint density at radius 2 is 1.15 bits per heavy atom. The lowest BCUT2D eigenvalue weighted by molar-refractivity contribution is 0.622. The topological polar surface area (TPSA) is 42.4 Å². The van der Waals surface area contributed by atoms with Gasteiger partial charge in [-0.25, -0.2) is 4.98 Å². The lowest BCUT2D eigenvalue weighted by atomic mass is 10.00. The lowest BCUT2D eigenvalue weighted by Gasteiger charge is -2.28. The summed E-state index contributed by atoms with van der Waals surface area (Å²) in [6.45, 7) is 0. The second-order valence-electron chi connectivity index (χ2n) is 13.5. The molecule has 0 fully saturated rings. The lowest BCUT2D eigenvalue weighted by Crippen LogP contribution is -2.11. The highest BCUT2D eigenvalue weighted by atomic mass is 32.1. The van der Waals surface area contributed by atoms with Crippen molar-refractivity contribution in [1.82, 2.24) is 4.98 Å². The third-order valence-corrected chi connectivity index (χ3v) is 11.5. The molecular formula is C49H30N2O2S. The van der Waals surface area contributed by atoms with Gasteiger partial charge in [-0.1, -0.05) is 115 Å². The van der Waals surface area contributed by atoms with E-state index in [4.69, 9.17) is 13.8 Å². The molecule has 5 heteroatoms. The molecule has 11 rings (SSSR count). The van der Waals surface area contributed by atoms with Crippen molar-refractivity contribution in [2.45, 2.75) is 0 Å². The largest absolute Gasteiger partial charge is 0.456 e. The Balaban J connectivity index is 1.07. The minimum Gasteiger partial charge on any atom is -0.456 e. The van der Waals surface area contributed by atoms with Crippen molar-refractivity contribution in [2.24, 2.45) is 0 Å². The summed E-state index contributed by atoms with van der Waals surface area (Å²) >= 11 is 1.86. The maximum absolute atomic E-state index is 6.58. The predicted molar refractivity (Wildman–Crippen MR) is 225 cm³/mol. The Bertz CT molecular complexity index is 3160. The van der Waals surface area contributed by atoms with Crippen LogP contribution in [0.4, 0.5) is 17.1 Å². The van der Waals surface area contributed by atoms with Gasteiger partial charge in [-0.15, -0.1) is 11.3 Å². The van der Waals surface area contributed by atoms with Gasteiger partial charge in [-0.3, -0.25) is 0 Å². The summed E-state index contributed by atoms with van der Waals surface area (Å²) in [6, 6.07) is 63.9. The van der Waals surface area contributed by atoms with Gasteiger partial charge in [0.2, 0.25) is 5.89 Å². The third kappa shape index (κ3) is 4.94. The maximum Gasteiger partial charge on any atom is 0.227 e. The van der Waals surface area contributed by atoms with Gasteiger partial charge < -0.3 is 13.7 Å². The van der Waals surface area contributed by atoms with Crippen LogP contribution in [0.3, 0.4) is 0 Å². The number of anilines is 3. The van der Waals surface area contributed by atoms with E-state index in [0.29, 0.717) is 5.89 Å². The summed E-state index contributed by atoms with van der Waals surface area (Å²) in [5.41, 5.74) is 11.8. The number of rotatable bonds is 6. The molecule has 0 radical (unpaired) electrons. The number of thiophene rings is 1. The molecule has 0 aliphatic rings. The molecule has 4 nitrogen and oxygen atoms in total. The molecule has 3 aromatic heterocycles. The van der Waals surface area contributed by atoms with E-state index in [2.05, 4.69) is 144 Å². The van der Waals surface area contributed by atoms with Crippen LogP contribution in [-0.4, -0.2) is 4.98 Å². The molecule has 254 valence electrons. The number of oxazole rings is 1. The van der Waals surface area contributed by atoms with Crippen molar-refractivity contribution in [3.8, 4) is 33.7 Å². The summed E-state index contributed by atoms with van der Waals surface area (Å²) in [7, 11) is 0. The minimum atomic E-state index is 0.597. The van der Waals surface area contributed by atoms with E-state index in [9.17, 15) is 0 Å². The molecule has 11 aromatic rings. The average Bonchev–Trinajstić information content (AvgIpc) is 3.95. The quantitative estimate of drug-likeness (QED) is 0.172. The summed E-state index contributed by atoms with van der Waals surface area (Å²) in [4.78, 5) is 7.15. The van der Waals surface area contributed by atoms with Crippen LogP contribution in [0.25, 0.3) is 86.9 Å². The van der Waals surface area contributed by atoms with Gasteiger partial charge in [0.15, 0.2) is 5.58 Å². The van der Waals surface area contributed by atoms with Crippen LogP contribution in [0.15, 0.2) is 191 Å². The Morgan fingerprint density at radius 1 is 0.463 bits per heavy atom. The highest BCUT2D eigenvalue weighted by Gasteiger charge is 2.21. The summed E-state index contributed by atoms with van der Waals surface area (Å²) in [6.07, 6.45) is 0. The Labute approximate surface area is 314 Å². The van der Waals surface area contributed by atoms with Gasteiger partial charge in [-0.2, -0.15) is 0 Å². The van der Waals surface area contributed by atoms with Crippen molar-refractivity contribution in [3.05, 3.63) is 182 Å². The van der Waals surface area contributed by atoms with Crippen LogP contribution >= 0.6 is 11.3 Å². The molecule has 0 unspecified atom stereocenters. The molecular weight excluding hydrogens is 681 g/mol. The zero-order valence-corrected chi connectivity index (χ0v) is 29.8. The standard InChI is InChI=1S/C49H30N2O2S/c1-3-12-31(13-4-1)36-16-7-9-20-42(36)51(34-24-22-32(23-25-34)37-18-11-19-39-38-17-8-10-21-45(38)54-48(37)39)35-26-27-40-44(30-35)52-43-29-28-41-47(46(40)43)53-49(50-41)33-14-5-2-6-15-33/h1-30H. The number of furan rings is 1. The van der Waals surface area contributed by atoms with Gasteiger partial charge in [0.05, 0.1) is 11.1 Å². The van der Waals surface area contributed by atoms with E-state index in [0.717, 1.165) is 66.8 Å². The number of hydrogen-bond acceptors (Lipinski definition) is 5. The molecule has 8 aromatic carbocycles. The van der Waals surface area contributed by atoms with Crippen LogP contribution < -0.4 is 4.90 Å². The fourth-order valence-corrected chi connectivity index (χ4v) is 9.04. The zero-order valence-electron chi connectivity index (χ0n) is 28.9. The predicted octanol–water partition coefficient (Wildman–Crippen LogP) is 14.6. The molecule has 0 saturated heterocycles. The molecule has 0 saturated carbocycles.